The number of carbonyl (C=O) groups is 1. The standard InChI is InChI=1S/C15H10N4OS/c20-7-8-21-15-18-17-14-11-5-6-16-9-12(11)10-3-1-2-4-13(10)19(14)15/h1-7,9H,8H2. The summed E-state index contributed by atoms with van der Waals surface area (Å²) in [6.45, 7) is 0. The molecule has 0 N–H and O–H groups in total. The lowest BCUT2D eigenvalue weighted by molar-refractivity contribution is -0.105. The summed E-state index contributed by atoms with van der Waals surface area (Å²) in [6, 6.07) is 10.0. The molecule has 4 rings (SSSR count). The Morgan fingerprint density at radius 3 is 2.90 bits per heavy atom. The number of pyridine rings is 2. The van der Waals surface area contributed by atoms with Crippen LogP contribution >= 0.6 is 11.8 Å². The van der Waals surface area contributed by atoms with Gasteiger partial charge in [0.15, 0.2) is 10.8 Å². The van der Waals surface area contributed by atoms with E-state index in [0.29, 0.717) is 5.75 Å². The van der Waals surface area contributed by atoms with Gasteiger partial charge >= 0.3 is 0 Å². The molecule has 0 fully saturated rings. The molecule has 3 aromatic heterocycles. The Morgan fingerprint density at radius 1 is 1.10 bits per heavy atom. The number of hydrogen-bond donors (Lipinski definition) is 0. The molecule has 0 saturated heterocycles. The van der Waals surface area contributed by atoms with Gasteiger partial charge in [-0.2, -0.15) is 0 Å². The summed E-state index contributed by atoms with van der Waals surface area (Å²) in [5, 5.41) is 12.4. The number of rotatable bonds is 3. The lowest BCUT2D eigenvalue weighted by atomic mass is 10.1. The van der Waals surface area contributed by atoms with Crippen LogP contribution in [-0.4, -0.2) is 31.6 Å². The van der Waals surface area contributed by atoms with E-state index in [1.54, 1.807) is 6.20 Å². The SMILES string of the molecule is O=CCSc1nnc2c3ccncc3c3ccccc3n12. The van der Waals surface area contributed by atoms with Gasteiger partial charge in [0.1, 0.15) is 6.29 Å². The van der Waals surface area contributed by atoms with Crippen molar-refractivity contribution in [2.75, 3.05) is 5.75 Å². The molecular formula is C15H10N4OS. The van der Waals surface area contributed by atoms with Gasteiger partial charge < -0.3 is 4.79 Å². The number of thioether (sulfide) groups is 1. The van der Waals surface area contributed by atoms with Crippen LogP contribution in [0.3, 0.4) is 0 Å². The first-order valence-electron chi connectivity index (χ1n) is 6.46. The second-order valence-corrected chi connectivity index (χ2v) is 5.54. The largest absolute Gasteiger partial charge is 0.302 e. The average Bonchev–Trinajstić information content (AvgIpc) is 2.97. The summed E-state index contributed by atoms with van der Waals surface area (Å²) in [5.41, 5.74) is 1.81. The minimum absolute atomic E-state index is 0.365. The topological polar surface area (TPSA) is 60.2 Å². The van der Waals surface area contributed by atoms with Crippen molar-refractivity contribution >= 4 is 45.4 Å². The van der Waals surface area contributed by atoms with Gasteiger partial charge in [0.05, 0.1) is 11.3 Å². The highest BCUT2D eigenvalue weighted by Gasteiger charge is 2.14. The van der Waals surface area contributed by atoms with Crippen molar-refractivity contribution in [1.82, 2.24) is 19.6 Å². The molecule has 0 radical (unpaired) electrons. The molecule has 5 nitrogen and oxygen atoms in total. The van der Waals surface area contributed by atoms with Crippen molar-refractivity contribution in [1.29, 1.82) is 0 Å². The lowest BCUT2D eigenvalue weighted by Crippen LogP contribution is -1.94. The number of benzene rings is 1. The maximum atomic E-state index is 10.6. The van der Waals surface area contributed by atoms with Gasteiger partial charge in [0, 0.05) is 28.6 Å². The molecule has 0 spiro atoms. The average molecular weight is 294 g/mol. The molecule has 0 atom stereocenters. The van der Waals surface area contributed by atoms with E-state index in [1.165, 1.54) is 11.8 Å². The number of para-hydroxylation sites is 1. The summed E-state index contributed by atoms with van der Waals surface area (Å²) in [4.78, 5) is 14.8. The van der Waals surface area contributed by atoms with Gasteiger partial charge in [-0.15, -0.1) is 10.2 Å². The minimum Gasteiger partial charge on any atom is -0.302 e. The second kappa shape index (κ2) is 4.82. The monoisotopic (exact) mass is 294 g/mol. The van der Waals surface area contributed by atoms with Gasteiger partial charge in [-0.1, -0.05) is 30.0 Å². The van der Waals surface area contributed by atoms with Crippen molar-refractivity contribution in [3.05, 3.63) is 42.7 Å². The summed E-state index contributed by atoms with van der Waals surface area (Å²) in [5.74, 6) is 0.365. The highest BCUT2D eigenvalue weighted by molar-refractivity contribution is 7.99. The van der Waals surface area contributed by atoms with Gasteiger partial charge in [0.25, 0.3) is 0 Å². The fourth-order valence-corrected chi connectivity index (χ4v) is 3.19. The molecule has 3 heterocycles. The van der Waals surface area contributed by atoms with Crippen LogP contribution in [0, 0.1) is 0 Å². The normalized spacial score (nSPS) is 11.4. The van der Waals surface area contributed by atoms with Crippen molar-refractivity contribution in [2.24, 2.45) is 0 Å². The quantitative estimate of drug-likeness (QED) is 0.330. The van der Waals surface area contributed by atoms with E-state index < -0.39 is 0 Å². The van der Waals surface area contributed by atoms with Crippen LogP contribution in [-0.2, 0) is 4.79 Å². The molecule has 102 valence electrons. The van der Waals surface area contributed by atoms with Gasteiger partial charge in [0.2, 0.25) is 0 Å². The summed E-state index contributed by atoms with van der Waals surface area (Å²) >= 11 is 1.39. The van der Waals surface area contributed by atoms with E-state index in [-0.39, 0.29) is 0 Å². The molecule has 6 heteroatoms. The first-order valence-corrected chi connectivity index (χ1v) is 7.44. The molecule has 0 aliphatic carbocycles. The lowest BCUT2D eigenvalue weighted by Gasteiger charge is -2.08. The van der Waals surface area contributed by atoms with Crippen molar-refractivity contribution in [3.63, 3.8) is 0 Å². The zero-order chi connectivity index (χ0) is 14.2. The Morgan fingerprint density at radius 2 is 2.00 bits per heavy atom. The van der Waals surface area contributed by atoms with E-state index in [4.69, 9.17) is 0 Å². The molecule has 1 aromatic carbocycles. The van der Waals surface area contributed by atoms with Crippen LogP contribution in [0.25, 0.3) is 27.3 Å². The number of aldehydes is 1. The molecule has 0 bridgehead atoms. The Bertz CT molecular complexity index is 979. The molecule has 0 saturated carbocycles. The van der Waals surface area contributed by atoms with Crippen molar-refractivity contribution in [3.8, 4) is 0 Å². The van der Waals surface area contributed by atoms with Crippen LogP contribution in [0.2, 0.25) is 0 Å². The predicted molar refractivity (Wildman–Crippen MR) is 82.6 cm³/mol. The first-order chi connectivity index (χ1) is 10.4. The van der Waals surface area contributed by atoms with E-state index in [0.717, 1.165) is 38.8 Å². The fraction of sp³-hybridized carbons (Fsp3) is 0.0667. The molecule has 0 aliphatic heterocycles. The minimum atomic E-state index is 0.365. The number of carbonyl (C=O) groups excluding carboxylic acids is 1. The molecule has 0 amide bonds. The zero-order valence-electron chi connectivity index (χ0n) is 10.9. The highest BCUT2D eigenvalue weighted by Crippen LogP contribution is 2.30. The van der Waals surface area contributed by atoms with Crippen LogP contribution in [0.1, 0.15) is 0 Å². The van der Waals surface area contributed by atoms with E-state index in [1.807, 2.05) is 34.9 Å². The van der Waals surface area contributed by atoms with Crippen LogP contribution in [0.5, 0.6) is 0 Å². The van der Waals surface area contributed by atoms with E-state index in [2.05, 4.69) is 21.2 Å². The predicted octanol–water partition coefficient (Wildman–Crippen LogP) is 2.72. The Kier molecular flexibility index (Phi) is 2.82. The Balaban J connectivity index is 2.21. The number of aromatic nitrogens is 4. The first kappa shape index (κ1) is 12.3. The van der Waals surface area contributed by atoms with Gasteiger partial charge in [-0.05, 0) is 12.1 Å². The Labute approximate surface area is 124 Å². The smallest absolute Gasteiger partial charge is 0.196 e. The number of fused-ring (bicyclic) bond motifs is 6. The van der Waals surface area contributed by atoms with Gasteiger partial charge in [-0.25, -0.2) is 0 Å². The zero-order valence-corrected chi connectivity index (χ0v) is 11.7. The third kappa shape index (κ3) is 1.80. The van der Waals surface area contributed by atoms with Crippen molar-refractivity contribution in [2.45, 2.75) is 5.16 Å². The summed E-state index contributed by atoms with van der Waals surface area (Å²) < 4.78 is 2.01. The second-order valence-electron chi connectivity index (χ2n) is 4.56. The van der Waals surface area contributed by atoms with E-state index >= 15 is 0 Å². The molecule has 0 unspecified atom stereocenters. The third-order valence-corrected chi connectivity index (χ3v) is 4.24. The highest BCUT2D eigenvalue weighted by atomic mass is 32.2. The number of nitrogens with zero attached hydrogens (tertiary/aromatic N) is 4. The summed E-state index contributed by atoms with van der Waals surface area (Å²) in [7, 11) is 0. The van der Waals surface area contributed by atoms with Crippen LogP contribution in [0.15, 0.2) is 47.9 Å². The maximum Gasteiger partial charge on any atom is 0.196 e. The third-order valence-electron chi connectivity index (χ3n) is 3.41. The van der Waals surface area contributed by atoms with E-state index in [9.17, 15) is 4.79 Å². The van der Waals surface area contributed by atoms with Crippen LogP contribution < -0.4 is 0 Å². The number of hydrogen-bond acceptors (Lipinski definition) is 5. The summed E-state index contributed by atoms with van der Waals surface area (Å²) in [6.07, 6.45) is 4.48. The van der Waals surface area contributed by atoms with Crippen LogP contribution in [0.4, 0.5) is 0 Å². The molecular weight excluding hydrogens is 284 g/mol. The van der Waals surface area contributed by atoms with Crippen molar-refractivity contribution < 1.29 is 4.79 Å². The molecule has 21 heavy (non-hydrogen) atoms. The fourth-order valence-electron chi connectivity index (χ4n) is 2.56. The maximum absolute atomic E-state index is 10.6. The Hall–Kier alpha value is -2.47. The molecule has 4 aromatic rings. The van der Waals surface area contributed by atoms with Gasteiger partial charge in [-0.3, -0.25) is 9.38 Å². The molecule has 0 aliphatic rings.